The molecule has 0 aliphatic carbocycles. The first-order valence-electron chi connectivity index (χ1n) is 8.82. The fourth-order valence-corrected chi connectivity index (χ4v) is 3.20. The highest BCUT2D eigenvalue weighted by Crippen LogP contribution is 2.32. The van der Waals surface area contributed by atoms with Crippen LogP contribution in [0, 0.1) is 6.92 Å². The van der Waals surface area contributed by atoms with Crippen molar-refractivity contribution < 1.29 is 14.1 Å². The second-order valence-corrected chi connectivity index (χ2v) is 7.07. The number of halogens is 1. The van der Waals surface area contributed by atoms with E-state index in [9.17, 15) is 4.79 Å². The molecule has 0 atom stereocenters. The van der Waals surface area contributed by atoms with Gasteiger partial charge in [-0.3, -0.25) is 9.69 Å². The Balaban J connectivity index is 1.88. The maximum absolute atomic E-state index is 11.2. The molecular weight excluding hydrogens is 378 g/mol. The molecule has 0 radical (unpaired) electrons. The van der Waals surface area contributed by atoms with Crippen LogP contribution in [0.3, 0.4) is 0 Å². The highest BCUT2D eigenvalue weighted by Gasteiger charge is 2.13. The van der Waals surface area contributed by atoms with Gasteiger partial charge >= 0.3 is 0 Å². The van der Waals surface area contributed by atoms with Gasteiger partial charge in [0, 0.05) is 28.8 Å². The Kier molecular flexibility index (Phi) is 6.34. The van der Waals surface area contributed by atoms with Crippen molar-refractivity contribution in [2.75, 3.05) is 13.6 Å². The topological polar surface area (TPSA) is 81.6 Å². The van der Waals surface area contributed by atoms with Crippen LogP contribution in [0.1, 0.15) is 17.0 Å². The first kappa shape index (κ1) is 19.9. The third-order valence-electron chi connectivity index (χ3n) is 4.16. The monoisotopic (exact) mass is 399 g/mol. The number of amides is 1. The normalized spacial score (nSPS) is 11.0. The van der Waals surface area contributed by atoms with Gasteiger partial charge in [-0.2, -0.15) is 0 Å². The number of rotatable bonds is 8. The number of carbonyl (C=O) groups is 1. The molecule has 1 amide bonds. The molecule has 0 unspecified atom stereocenters. The van der Waals surface area contributed by atoms with E-state index in [1.807, 2.05) is 67.4 Å². The average molecular weight is 400 g/mol. The minimum absolute atomic E-state index is 0.151. The summed E-state index contributed by atoms with van der Waals surface area (Å²) in [7, 11) is 1.83. The Morgan fingerprint density at radius 2 is 2.04 bits per heavy atom. The van der Waals surface area contributed by atoms with Crippen LogP contribution in [0.5, 0.6) is 5.75 Å². The Morgan fingerprint density at radius 3 is 2.71 bits per heavy atom. The van der Waals surface area contributed by atoms with Gasteiger partial charge in [-0.1, -0.05) is 41.0 Å². The van der Waals surface area contributed by atoms with Crippen molar-refractivity contribution in [3.05, 3.63) is 70.6 Å². The summed E-state index contributed by atoms with van der Waals surface area (Å²) in [5.41, 5.74) is 8.85. The summed E-state index contributed by atoms with van der Waals surface area (Å²) in [4.78, 5) is 13.1. The second kappa shape index (κ2) is 8.91. The van der Waals surface area contributed by atoms with Crippen LogP contribution in [-0.4, -0.2) is 29.6 Å². The van der Waals surface area contributed by atoms with Crippen LogP contribution in [0.15, 0.2) is 53.1 Å². The summed E-state index contributed by atoms with van der Waals surface area (Å²) in [6.07, 6.45) is 0. The van der Waals surface area contributed by atoms with Crippen molar-refractivity contribution in [1.29, 1.82) is 0 Å². The van der Waals surface area contributed by atoms with Gasteiger partial charge in [-0.25, -0.2) is 0 Å². The quantitative estimate of drug-likeness (QED) is 0.623. The Labute approximate surface area is 168 Å². The number of hydrogen-bond acceptors (Lipinski definition) is 5. The van der Waals surface area contributed by atoms with Gasteiger partial charge in [0.25, 0.3) is 0 Å². The summed E-state index contributed by atoms with van der Waals surface area (Å²) in [6.45, 7) is 2.76. The summed E-state index contributed by atoms with van der Waals surface area (Å²) < 4.78 is 11.0. The van der Waals surface area contributed by atoms with Crippen LogP contribution in [-0.2, 0) is 17.9 Å². The molecule has 3 aromatic rings. The lowest BCUT2D eigenvalue weighted by atomic mass is 10.0. The van der Waals surface area contributed by atoms with E-state index in [-0.39, 0.29) is 19.1 Å². The maximum atomic E-state index is 11.2. The van der Waals surface area contributed by atoms with Gasteiger partial charge in [-0.15, -0.1) is 0 Å². The molecule has 1 aromatic heterocycles. The maximum Gasteiger partial charge on any atom is 0.231 e. The number of nitrogens with two attached hydrogens (primary N) is 1. The van der Waals surface area contributed by atoms with Gasteiger partial charge in [0.1, 0.15) is 23.8 Å². The number of aryl methyl sites for hydroxylation is 1. The lowest BCUT2D eigenvalue weighted by Gasteiger charge is -2.19. The van der Waals surface area contributed by atoms with Gasteiger partial charge in [-0.05, 0) is 37.7 Å². The summed E-state index contributed by atoms with van der Waals surface area (Å²) >= 11 is 6.35. The number of likely N-dealkylation sites (N-methyl/N-ethyl adjacent to an activating group) is 1. The molecule has 0 fully saturated rings. The fraction of sp³-hybridized carbons (Fsp3) is 0.238. The smallest absolute Gasteiger partial charge is 0.231 e. The molecular formula is C21H22ClN3O3. The van der Waals surface area contributed by atoms with Gasteiger partial charge in [0.05, 0.1) is 6.54 Å². The van der Waals surface area contributed by atoms with Gasteiger partial charge in [0.15, 0.2) is 0 Å². The summed E-state index contributed by atoms with van der Waals surface area (Å²) in [6, 6.07) is 15.4. The lowest BCUT2D eigenvalue weighted by Crippen LogP contribution is -2.30. The van der Waals surface area contributed by atoms with Crippen LogP contribution in [0.2, 0.25) is 5.02 Å². The van der Waals surface area contributed by atoms with Crippen molar-refractivity contribution in [2.45, 2.75) is 20.1 Å². The van der Waals surface area contributed by atoms with Crippen molar-refractivity contribution in [1.82, 2.24) is 10.1 Å². The van der Waals surface area contributed by atoms with E-state index in [4.69, 9.17) is 26.6 Å². The third kappa shape index (κ3) is 5.12. The summed E-state index contributed by atoms with van der Waals surface area (Å²) in [5, 5.41) is 4.62. The van der Waals surface area contributed by atoms with Crippen LogP contribution in [0.4, 0.5) is 0 Å². The molecule has 0 saturated heterocycles. The molecule has 2 aromatic carbocycles. The lowest BCUT2D eigenvalue weighted by molar-refractivity contribution is -0.118. The number of benzene rings is 2. The first-order chi connectivity index (χ1) is 13.4. The van der Waals surface area contributed by atoms with Crippen LogP contribution >= 0.6 is 11.6 Å². The Morgan fingerprint density at radius 1 is 1.25 bits per heavy atom. The van der Waals surface area contributed by atoms with E-state index < -0.39 is 0 Å². The van der Waals surface area contributed by atoms with Crippen molar-refractivity contribution in [3.8, 4) is 16.9 Å². The van der Waals surface area contributed by atoms with E-state index in [1.54, 1.807) is 0 Å². The van der Waals surface area contributed by atoms with Crippen molar-refractivity contribution >= 4 is 17.5 Å². The number of nitrogens with zero attached hydrogens (tertiary/aromatic N) is 2. The second-order valence-electron chi connectivity index (χ2n) is 6.66. The van der Waals surface area contributed by atoms with Crippen LogP contribution in [0.25, 0.3) is 11.1 Å². The molecule has 0 saturated carbocycles. The van der Waals surface area contributed by atoms with E-state index in [0.717, 1.165) is 22.5 Å². The SMILES string of the molecule is Cc1cc(COc2ccc(-c3ccccc3Cl)cc2CN(C)CC(N)=O)no1. The van der Waals surface area contributed by atoms with Crippen molar-refractivity contribution in [2.24, 2.45) is 5.73 Å². The minimum atomic E-state index is -0.384. The van der Waals surface area contributed by atoms with Crippen molar-refractivity contribution in [3.63, 3.8) is 0 Å². The average Bonchev–Trinajstić information content (AvgIpc) is 3.05. The molecule has 28 heavy (non-hydrogen) atoms. The van der Waals surface area contributed by atoms with E-state index in [2.05, 4.69) is 5.16 Å². The molecule has 3 rings (SSSR count). The molecule has 0 aliphatic rings. The molecule has 0 bridgehead atoms. The van der Waals surface area contributed by atoms with E-state index in [1.165, 1.54) is 0 Å². The number of carbonyl (C=O) groups excluding carboxylic acids is 1. The first-order valence-corrected chi connectivity index (χ1v) is 9.20. The molecule has 0 aliphatic heterocycles. The molecule has 2 N–H and O–H groups in total. The Hall–Kier alpha value is -2.83. The predicted octanol–water partition coefficient (Wildman–Crippen LogP) is 3.80. The summed E-state index contributed by atoms with van der Waals surface area (Å²) in [5.74, 6) is 1.05. The number of ether oxygens (including phenoxy) is 1. The zero-order chi connectivity index (χ0) is 20.1. The third-order valence-corrected chi connectivity index (χ3v) is 4.49. The fourth-order valence-electron chi connectivity index (χ4n) is 2.96. The zero-order valence-corrected chi connectivity index (χ0v) is 16.6. The molecule has 146 valence electrons. The zero-order valence-electron chi connectivity index (χ0n) is 15.8. The highest BCUT2D eigenvalue weighted by molar-refractivity contribution is 6.33. The minimum Gasteiger partial charge on any atom is -0.487 e. The van der Waals surface area contributed by atoms with Crippen LogP contribution < -0.4 is 10.5 Å². The van der Waals surface area contributed by atoms with E-state index >= 15 is 0 Å². The number of hydrogen-bond donors (Lipinski definition) is 1. The molecule has 7 heteroatoms. The van der Waals surface area contributed by atoms with Gasteiger partial charge < -0.3 is 15.0 Å². The molecule has 1 heterocycles. The van der Waals surface area contributed by atoms with Gasteiger partial charge in [0.2, 0.25) is 5.91 Å². The standard InChI is InChI=1S/C21H22ClN3O3/c1-14-9-17(24-28-14)13-27-20-8-7-15(18-5-3-4-6-19(18)22)10-16(20)11-25(2)12-21(23)26/h3-10H,11-13H2,1-2H3,(H2,23,26). The molecule has 6 nitrogen and oxygen atoms in total. The number of primary amides is 1. The van der Waals surface area contributed by atoms with E-state index in [0.29, 0.717) is 23.0 Å². The predicted molar refractivity (Wildman–Crippen MR) is 108 cm³/mol. The largest absolute Gasteiger partial charge is 0.487 e. The molecule has 0 spiro atoms. The number of aromatic nitrogens is 1. The highest BCUT2D eigenvalue weighted by atomic mass is 35.5. The Bertz CT molecular complexity index is 971.